The standard InChI is InChI=1S/C15H24ClN3O/c1-10(2)17-8-12-7-15(18-9-13(12)16)19(4)14-5-6-20-11(14)3/h7,9-11,14,17H,5-6,8H2,1-4H3. The number of nitrogens with one attached hydrogen (secondary N) is 1. The molecular formula is C15H24ClN3O. The maximum atomic E-state index is 6.23. The monoisotopic (exact) mass is 297 g/mol. The Morgan fingerprint density at radius 3 is 2.90 bits per heavy atom. The van der Waals surface area contributed by atoms with Gasteiger partial charge in [0.25, 0.3) is 0 Å². The van der Waals surface area contributed by atoms with Crippen molar-refractivity contribution >= 4 is 17.4 Å². The summed E-state index contributed by atoms with van der Waals surface area (Å²) < 4.78 is 5.63. The fourth-order valence-corrected chi connectivity index (χ4v) is 2.68. The average Bonchev–Trinajstić information content (AvgIpc) is 2.83. The maximum Gasteiger partial charge on any atom is 0.128 e. The van der Waals surface area contributed by atoms with Crippen molar-refractivity contribution < 1.29 is 4.74 Å². The van der Waals surface area contributed by atoms with Gasteiger partial charge in [-0.1, -0.05) is 25.4 Å². The molecule has 0 amide bonds. The van der Waals surface area contributed by atoms with Crippen molar-refractivity contribution in [3.8, 4) is 0 Å². The molecule has 1 fully saturated rings. The topological polar surface area (TPSA) is 37.4 Å². The molecule has 2 heterocycles. The van der Waals surface area contributed by atoms with Crippen LogP contribution in [0.25, 0.3) is 0 Å². The summed E-state index contributed by atoms with van der Waals surface area (Å²) in [7, 11) is 2.08. The predicted molar refractivity (Wildman–Crippen MR) is 83.4 cm³/mol. The van der Waals surface area contributed by atoms with Crippen LogP contribution in [0.4, 0.5) is 5.82 Å². The highest BCUT2D eigenvalue weighted by atomic mass is 35.5. The van der Waals surface area contributed by atoms with Gasteiger partial charge >= 0.3 is 0 Å². The highest BCUT2D eigenvalue weighted by Gasteiger charge is 2.28. The molecule has 5 heteroatoms. The Labute approximate surface area is 126 Å². The van der Waals surface area contributed by atoms with E-state index in [0.29, 0.717) is 17.1 Å². The minimum atomic E-state index is 0.245. The maximum absolute atomic E-state index is 6.23. The molecule has 0 radical (unpaired) electrons. The number of likely N-dealkylation sites (N-methyl/N-ethyl adjacent to an activating group) is 1. The Balaban J connectivity index is 2.13. The highest BCUT2D eigenvalue weighted by Crippen LogP contribution is 2.25. The minimum Gasteiger partial charge on any atom is -0.376 e. The summed E-state index contributed by atoms with van der Waals surface area (Å²) in [5.74, 6) is 0.956. The van der Waals surface area contributed by atoms with E-state index in [9.17, 15) is 0 Å². The van der Waals surface area contributed by atoms with Crippen LogP contribution in [0.15, 0.2) is 12.3 Å². The zero-order valence-electron chi connectivity index (χ0n) is 12.7. The van der Waals surface area contributed by atoms with Gasteiger partial charge in [-0.3, -0.25) is 0 Å². The molecule has 0 spiro atoms. The summed E-state index contributed by atoms with van der Waals surface area (Å²) in [5.41, 5.74) is 1.09. The molecule has 2 unspecified atom stereocenters. The van der Waals surface area contributed by atoms with Gasteiger partial charge in [0.1, 0.15) is 5.82 Å². The molecule has 2 atom stereocenters. The van der Waals surface area contributed by atoms with Gasteiger partial charge in [-0.15, -0.1) is 0 Å². The lowest BCUT2D eigenvalue weighted by atomic mass is 10.1. The number of hydrogen-bond acceptors (Lipinski definition) is 4. The Morgan fingerprint density at radius 1 is 1.55 bits per heavy atom. The molecule has 0 bridgehead atoms. The lowest BCUT2D eigenvalue weighted by Crippen LogP contribution is -2.37. The van der Waals surface area contributed by atoms with Gasteiger partial charge < -0.3 is 15.0 Å². The third-order valence-corrected chi connectivity index (χ3v) is 4.16. The normalized spacial score (nSPS) is 22.5. The Hall–Kier alpha value is -0.840. The smallest absolute Gasteiger partial charge is 0.128 e. The molecule has 1 aromatic heterocycles. The number of halogens is 1. The molecule has 0 saturated carbocycles. The van der Waals surface area contributed by atoms with Crippen molar-refractivity contribution in [2.24, 2.45) is 0 Å². The van der Waals surface area contributed by atoms with Crippen molar-refractivity contribution in [1.82, 2.24) is 10.3 Å². The summed E-state index contributed by atoms with van der Waals surface area (Å²) in [6.45, 7) is 7.95. The largest absolute Gasteiger partial charge is 0.376 e. The third kappa shape index (κ3) is 3.62. The van der Waals surface area contributed by atoms with E-state index in [2.05, 4.69) is 49.1 Å². The summed E-state index contributed by atoms with van der Waals surface area (Å²) in [4.78, 5) is 6.66. The second-order valence-corrected chi connectivity index (χ2v) is 6.12. The molecule has 1 aliphatic heterocycles. The quantitative estimate of drug-likeness (QED) is 0.907. The van der Waals surface area contributed by atoms with Gasteiger partial charge in [0.05, 0.1) is 17.2 Å². The van der Waals surface area contributed by atoms with E-state index in [1.807, 2.05) is 0 Å². The van der Waals surface area contributed by atoms with E-state index in [4.69, 9.17) is 16.3 Å². The third-order valence-electron chi connectivity index (χ3n) is 3.82. The summed E-state index contributed by atoms with van der Waals surface area (Å²) >= 11 is 6.23. The van der Waals surface area contributed by atoms with E-state index in [-0.39, 0.29) is 6.10 Å². The number of rotatable bonds is 5. The van der Waals surface area contributed by atoms with Crippen LogP contribution >= 0.6 is 11.6 Å². The number of aromatic nitrogens is 1. The molecule has 1 aliphatic rings. The molecule has 2 rings (SSSR count). The molecular weight excluding hydrogens is 274 g/mol. The number of hydrogen-bond donors (Lipinski definition) is 1. The lowest BCUT2D eigenvalue weighted by molar-refractivity contribution is 0.118. The van der Waals surface area contributed by atoms with Crippen LogP contribution in [0.2, 0.25) is 5.02 Å². The van der Waals surface area contributed by atoms with Gasteiger partial charge in [0, 0.05) is 32.4 Å². The first-order valence-corrected chi connectivity index (χ1v) is 7.59. The van der Waals surface area contributed by atoms with Crippen molar-refractivity contribution in [2.45, 2.75) is 51.9 Å². The minimum absolute atomic E-state index is 0.245. The highest BCUT2D eigenvalue weighted by molar-refractivity contribution is 6.31. The first-order chi connectivity index (χ1) is 9.49. The molecule has 1 N–H and O–H groups in total. The number of anilines is 1. The fraction of sp³-hybridized carbons (Fsp3) is 0.667. The zero-order valence-corrected chi connectivity index (χ0v) is 13.4. The zero-order chi connectivity index (χ0) is 14.7. The van der Waals surface area contributed by atoms with Crippen LogP contribution in [-0.2, 0) is 11.3 Å². The van der Waals surface area contributed by atoms with Gasteiger partial charge in [0.15, 0.2) is 0 Å². The summed E-state index contributed by atoms with van der Waals surface area (Å²) in [6.07, 6.45) is 3.03. The van der Waals surface area contributed by atoms with E-state index < -0.39 is 0 Å². The first-order valence-electron chi connectivity index (χ1n) is 7.21. The Morgan fingerprint density at radius 2 is 2.30 bits per heavy atom. The molecule has 1 aromatic rings. The van der Waals surface area contributed by atoms with E-state index in [1.54, 1.807) is 6.20 Å². The molecule has 20 heavy (non-hydrogen) atoms. The van der Waals surface area contributed by atoms with E-state index >= 15 is 0 Å². The lowest BCUT2D eigenvalue weighted by Gasteiger charge is -2.28. The van der Waals surface area contributed by atoms with Crippen molar-refractivity contribution in [3.63, 3.8) is 0 Å². The number of ether oxygens (including phenoxy) is 1. The van der Waals surface area contributed by atoms with E-state index in [0.717, 1.165) is 31.0 Å². The predicted octanol–water partition coefficient (Wildman–Crippen LogP) is 2.85. The Kier molecular flexibility index (Phi) is 5.24. The second-order valence-electron chi connectivity index (χ2n) is 5.71. The van der Waals surface area contributed by atoms with Crippen molar-refractivity contribution in [3.05, 3.63) is 22.8 Å². The average molecular weight is 298 g/mol. The van der Waals surface area contributed by atoms with Gasteiger partial charge in [-0.05, 0) is 25.0 Å². The summed E-state index contributed by atoms with van der Waals surface area (Å²) in [5, 5.41) is 4.11. The van der Waals surface area contributed by atoms with Gasteiger partial charge in [0.2, 0.25) is 0 Å². The molecule has 0 aliphatic carbocycles. The number of nitrogens with zero attached hydrogens (tertiary/aromatic N) is 2. The summed E-state index contributed by atoms with van der Waals surface area (Å²) in [6, 6.07) is 2.89. The number of pyridine rings is 1. The SMILES string of the molecule is CC(C)NCc1cc(N(C)C2CCOC2C)ncc1Cl. The molecule has 1 saturated heterocycles. The van der Waals surface area contributed by atoms with Crippen molar-refractivity contribution in [2.75, 3.05) is 18.6 Å². The fourth-order valence-electron chi connectivity index (χ4n) is 2.51. The van der Waals surface area contributed by atoms with Gasteiger partial charge in [-0.2, -0.15) is 0 Å². The van der Waals surface area contributed by atoms with Crippen LogP contribution in [0, 0.1) is 0 Å². The van der Waals surface area contributed by atoms with Crippen molar-refractivity contribution in [1.29, 1.82) is 0 Å². The van der Waals surface area contributed by atoms with Gasteiger partial charge in [-0.25, -0.2) is 4.98 Å². The molecule has 0 aromatic carbocycles. The van der Waals surface area contributed by atoms with Crippen LogP contribution in [-0.4, -0.2) is 36.8 Å². The molecule has 112 valence electrons. The molecule has 4 nitrogen and oxygen atoms in total. The van der Waals surface area contributed by atoms with Crippen LogP contribution in [0.5, 0.6) is 0 Å². The van der Waals surface area contributed by atoms with Crippen LogP contribution in [0.3, 0.4) is 0 Å². The Bertz CT molecular complexity index is 453. The van der Waals surface area contributed by atoms with Crippen LogP contribution in [0.1, 0.15) is 32.8 Å². The first kappa shape index (κ1) is 15.5. The van der Waals surface area contributed by atoms with Crippen LogP contribution < -0.4 is 10.2 Å². The second kappa shape index (κ2) is 6.74. The van der Waals surface area contributed by atoms with E-state index in [1.165, 1.54) is 0 Å².